The first-order chi connectivity index (χ1) is 14.9. The van der Waals surface area contributed by atoms with E-state index in [-0.39, 0.29) is 30.7 Å². The molecular weight excluding hydrogens is 398 g/mol. The van der Waals surface area contributed by atoms with Crippen LogP contribution in [0.3, 0.4) is 0 Å². The smallest absolute Gasteiger partial charge is 0.305 e. The second kappa shape index (κ2) is 10.4. The van der Waals surface area contributed by atoms with Crippen molar-refractivity contribution in [2.45, 2.75) is 25.3 Å². The third-order valence-corrected chi connectivity index (χ3v) is 5.26. The Morgan fingerprint density at radius 1 is 1.26 bits per heavy atom. The molecule has 9 heteroatoms. The molecule has 1 saturated heterocycles. The molecule has 1 aromatic carbocycles. The normalized spacial score (nSPS) is 15.2. The second-order valence-corrected chi connectivity index (χ2v) is 7.52. The van der Waals surface area contributed by atoms with Gasteiger partial charge in [-0.05, 0) is 37.1 Å². The number of amidine groups is 1. The number of piperidine rings is 1. The quantitative estimate of drug-likeness (QED) is 0.353. The summed E-state index contributed by atoms with van der Waals surface area (Å²) < 4.78 is 5.68. The number of benzene rings is 1. The van der Waals surface area contributed by atoms with Gasteiger partial charge in [-0.15, -0.1) is 0 Å². The molecule has 1 aliphatic heterocycles. The van der Waals surface area contributed by atoms with E-state index in [1.54, 1.807) is 36.7 Å². The number of hydrogen-bond acceptors (Lipinski definition) is 6. The summed E-state index contributed by atoms with van der Waals surface area (Å²) >= 11 is 0. The van der Waals surface area contributed by atoms with Gasteiger partial charge in [-0.2, -0.15) is 0 Å². The molecule has 31 heavy (non-hydrogen) atoms. The molecule has 1 aromatic heterocycles. The molecule has 2 aromatic rings. The minimum absolute atomic E-state index is 0.00918. The number of aliphatic carboxylic acids is 1. The fourth-order valence-corrected chi connectivity index (χ4v) is 3.59. The number of nitrogens with zero attached hydrogens (tertiary/aromatic N) is 2. The maximum Gasteiger partial charge on any atom is 0.305 e. The molecule has 2 heterocycles. The molecule has 1 amide bonds. The van der Waals surface area contributed by atoms with Crippen molar-refractivity contribution in [3.8, 4) is 5.75 Å². The van der Waals surface area contributed by atoms with Crippen molar-refractivity contribution in [3.05, 3.63) is 54.4 Å². The Morgan fingerprint density at radius 3 is 2.61 bits per heavy atom. The standard InChI is InChI=1S/C22H27N5O4/c23-21(24)16-2-1-3-19(12-16)31-14-17(13-20(28)29)26-22(30)15-6-10-27(11-7-15)18-4-8-25-9-5-18/h1-5,8-9,12,15,17H,6-7,10-11,13-14H2,(H3,23,24)(H,26,30)(H,28,29). The molecular formula is C22H27N5O4. The van der Waals surface area contributed by atoms with Crippen LogP contribution < -0.4 is 20.7 Å². The summed E-state index contributed by atoms with van der Waals surface area (Å²) in [4.78, 5) is 30.3. The van der Waals surface area contributed by atoms with Crippen LogP contribution in [0.25, 0.3) is 0 Å². The number of ether oxygens (including phenoxy) is 1. The van der Waals surface area contributed by atoms with Crippen LogP contribution in [0.4, 0.5) is 5.69 Å². The lowest BCUT2D eigenvalue weighted by Gasteiger charge is -2.33. The number of rotatable bonds is 9. The maximum absolute atomic E-state index is 12.8. The van der Waals surface area contributed by atoms with E-state index in [0.29, 0.717) is 24.2 Å². The number of carbonyl (C=O) groups is 2. The SMILES string of the molecule is N=C(N)c1cccc(OCC(CC(=O)O)NC(=O)C2CCN(c3ccncc3)CC2)c1. The van der Waals surface area contributed by atoms with Gasteiger partial charge in [0.25, 0.3) is 0 Å². The number of carboxylic acid groups (broad SMARTS) is 1. The van der Waals surface area contributed by atoms with Gasteiger partial charge in [0.2, 0.25) is 5.91 Å². The molecule has 0 bridgehead atoms. The molecule has 0 saturated carbocycles. The second-order valence-electron chi connectivity index (χ2n) is 7.52. The molecule has 1 unspecified atom stereocenters. The molecule has 1 aliphatic rings. The zero-order chi connectivity index (χ0) is 22.2. The molecule has 9 nitrogen and oxygen atoms in total. The Hall–Kier alpha value is -3.62. The Balaban J connectivity index is 1.54. The molecule has 0 radical (unpaired) electrons. The fourth-order valence-electron chi connectivity index (χ4n) is 3.59. The predicted octanol–water partition coefficient (Wildman–Crippen LogP) is 1.62. The van der Waals surface area contributed by atoms with E-state index >= 15 is 0 Å². The zero-order valence-electron chi connectivity index (χ0n) is 17.2. The van der Waals surface area contributed by atoms with Crippen LogP contribution in [-0.4, -0.2) is 53.5 Å². The molecule has 0 spiro atoms. The van der Waals surface area contributed by atoms with E-state index in [1.165, 1.54) is 0 Å². The summed E-state index contributed by atoms with van der Waals surface area (Å²) in [7, 11) is 0. The summed E-state index contributed by atoms with van der Waals surface area (Å²) in [6.45, 7) is 1.51. The number of hydrogen-bond donors (Lipinski definition) is 4. The minimum Gasteiger partial charge on any atom is -0.491 e. The molecule has 1 atom stereocenters. The average Bonchev–Trinajstić information content (AvgIpc) is 2.78. The minimum atomic E-state index is -1.01. The van der Waals surface area contributed by atoms with Crippen molar-refractivity contribution in [1.82, 2.24) is 10.3 Å². The Bertz CT molecular complexity index is 913. The van der Waals surface area contributed by atoms with E-state index < -0.39 is 12.0 Å². The Morgan fingerprint density at radius 2 is 1.97 bits per heavy atom. The average molecular weight is 425 g/mol. The highest BCUT2D eigenvalue weighted by Crippen LogP contribution is 2.23. The summed E-state index contributed by atoms with van der Waals surface area (Å²) in [6, 6.07) is 9.92. The van der Waals surface area contributed by atoms with E-state index in [1.807, 2.05) is 12.1 Å². The van der Waals surface area contributed by atoms with Gasteiger partial charge in [0.05, 0.1) is 12.5 Å². The lowest BCUT2D eigenvalue weighted by atomic mass is 9.95. The number of anilines is 1. The molecule has 3 rings (SSSR count). The van der Waals surface area contributed by atoms with Crippen LogP contribution in [-0.2, 0) is 9.59 Å². The number of carboxylic acids is 1. The van der Waals surface area contributed by atoms with E-state index in [2.05, 4.69) is 15.2 Å². The van der Waals surface area contributed by atoms with Crippen LogP contribution in [0.2, 0.25) is 0 Å². The van der Waals surface area contributed by atoms with Crippen molar-refractivity contribution in [1.29, 1.82) is 5.41 Å². The van der Waals surface area contributed by atoms with Crippen LogP contribution in [0.15, 0.2) is 48.8 Å². The number of nitrogens with two attached hydrogens (primary N) is 1. The number of pyridine rings is 1. The van der Waals surface area contributed by atoms with Gasteiger partial charge in [-0.1, -0.05) is 12.1 Å². The largest absolute Gasteiger partial charge is 0.491 e. The number of carbonyl (C=O) groups excluding carboxylic acids is 1. The van der Waals surface area contributed by atoms with E-state index in [4.69, 9.17) is 15.9 Å². The third kappa shape index (κ3) is 6.43. The highest BCUT2D eigenvalue weighted by molar-refractivity contribution is 5.95. The highest BCUT2D eigenvalue weighted by atomic mass is 16.5. The summed E-state index contributed by atoms with van der Waals surface area (Å²) in [5, 5.41) is 19.6. The van der Waals surface area contributed by atoms with Crippen molar-refractivity contribution in [2.24, 2.45) is 11.7 Å². The zero-order valence-corrected chi connectivity index (χ0v) is 17.2. The first-order valence-electron chi connectivity index (χ1n) is 10.2. The molecule has 0 aliphatic carbocycles. The van der Waals surface area contributed by atoms with Crippen LogP contribution >= 0.6 is 0 Å². The number of aromatic nitrogens is 1. The third-order valence-electron chi connectivity index (χ3n) is 5.26. The predicted molar refractivity (Wildman–Crippen MR) is 116 cm³/mol. The monoisotopic (exact) mass is 425 g/mol. The van der Waals surface area contributed by atoms with Gasteiger partial charge in [0, 0.05) is 42.7 Å². The van der Waals surface area contributed by atoms with Gasteiger partial charge in [-0.3, -0.25) is 20.0 Å². The topological polar surface area (TPSA) is 142 Å². The highest BCUT2D eigenvalue weighted by Gasteiger charge is 2.27. The van der Waals surface area contributed by atoms with Crippen LogP contribution in [0, 0.1) is 11.3 Å². The Kier molecular flexibility index (Phi) is 7.42. The lowest BCUT2D eigenvalue weighted by molar-refractivity contribution is -0.138. The lowest BCUT2D eigenvalue weighted by Crippen LogP contribution is -2.46. The Labute approximate surface area is 180 Å². The molecule has 1 fully saturated rings. The number of nitrogen functional groups attached to an aromatic ring is 1. The summed E-state index contributed by atoms with van der Waals surface area (Å²) in [5.74, 6) is -0.960. The van der Waals surface area contributed by atoms with Crippen molar-refractivity contribution in [3.63, 3.8) is 0 Å². The van der Waals surface area contributed by atoms with Gasteiger partial charge in [-0.25, -0.2) is 0 Å². The molecule has 5 N–H and O–H groups in total. The maximum atomic E-state index is 12.8. The van der Waals surface area contributed by atoms with E-state index in [9.17, 15) is 14.7 Å². The van der Waals surface area contributed by atoms with Crippen LogP contribution in [0.1, 0.15) is 24.8 Å². The summed E-state index contributed by atoms with van der Waals surface area (Å²) in [6.07, 6.45) is 4.63. The van der Waals surface area contributed by atoms with Gasteiger partial charge in [0.15, 0.2) is 0 Å². The molecule has 164 valence electrons. The van der Waals surface area contributed by atoms with Gasteiger partial charge >= 0.3 is 5.97 Å². The van der Waals surface area contributed by atoms with Crippen molar-refractivity contribution in [2.75, 3.05) is 24.6 Å². The van der Waals surface area contributed by atoms with Crippen molar-refractivity contribution < 1.29 is 19.4 Å². The van der Waals surface area contributed by atoms with Crippen LogP contribution in [0.5, 0.6) is 5.75 Å². The number of amides is 1. The fraction of sp³-hybridized carbons (Fsp3) is 0.364. The van der Waals surface area contributed by atoms with E-state index in [0.717, 1.165) is 18.8 Å². The summed E-state index contributed by atoms with van der Waals surface area (Å²) in [5.41, 5.74) is 7.08. The first-order valence-corrected chi connectivity index (χ1v) is 10.2. The van der Waals surface area contributed by atoms with Crippen molar-refractivity contribution >= 4 is 23.4 Å². The first kappa shape index (κ1) is 22.1. The number of nitrogens with one attached hydrogen (secondary N) is 2. The van der Waals surface area contributed by atoms with Gasteiger partial charge in [0.1, 0.15) is 18.2 Å². The van der Waals surface area contributed by atoms with Gasteiger partial charge < -0.3 is 25.8 Å².